The molecule has 1 aromatic heterocycles. The lowest BCUT2D eigenvalue weighted by molar-refractivity contribution is -0.144. The summed E-state index contributed by atoms with van der Waals surface area (Å²) in [6, 6.07) is 1.99. The minimum Gasteiger partial charge on any atom is -0.481 e. The van der Waals surface area contributed by atoms with Gasteiger partial charge in [0.05, 0.1) is 12.0 Å². The number of nitrogens with one attached hydrogen (secondary N) is 1. The highest BCUT2D eigenvalue weighted by molar-refractivity contribution is 5.92. The van der Waals surface area contributed by atoms with Crippen LogP contribution >= 0.6 is 0 Å². The third-order valence-corrected chi connectivity index (χ3v) is 5.21. The molecule has 1 aromatic rings. The average Bonchev–Trinajstić information content (AvgIpc) is 3.26. The van der Waals surface area contributed by atoms with Crippen molar-refractivity contribution < 1.29 is 19.4 Å². The fraction of sp³-hybridized carbons (Fsp3) is 0.706. The Morgan fingerprint density at radius 2 is 2.00 bits per heavy atom. The van der Waals surface area contributed by atoms with Crippen molar-refractivity contribution >= 4 is 11.9 Å². The van der Waals surface area contributed by atoms with Crippen molar-refractivity contribution in [3.8, 4) is 0 Å². The molecular formula is C17H25N3O4. The van der Waals surface area contributed by atoms with Gasteiger partial charge >= 0.3 is 5.97 Å². The average molecular weight is 335 g/mol. The molecule has 2 aliphatic rings. The van der Waals surface area contributed by atoms with E-state index in [1.807, 2.05) is 0 Å². The van der Waals surface area contributed by atoms with Crippen LogP contribution in [0.1, 0.15) is 55.1 Å². The normalized spacial score (nSPS) is 20.8. The molecule has 1 atom stereocenters. The Morgan fingerprint density at radius 1 is 1.29 bits per heavy atom. The number of carbonyl (C=O) groups is 2. The number of amides is 1. The second kappa shape index (κ2) is 7.79. The maximum atomic E-state index is 12.5. The molecule has 0 bridgehead atoms. The van der Waals surface area contributed by atoms with Gasteiger partial charge in [0.15, 0.2) is 0 Å². The zero-order valence-corrected chi connectivity index (χ0v) is 13.8. The molecule has 3 rings (SSSR count). The van der Waals surface area contributed by atoms with E-state index < -0.39 is 11.9 Å². The van der Waals surface area contributed by atoms with Crippen molar-refractivity contribution in [2.45, 2.75) is 44.6 Å². The van der Waals surface area contributed by atoms with Gasteiger partial charge in [-0.05, 0) is 37.7 Å². The first-order valence-corrected chi connectivity index (χ1v) is 8.79. The minimum atomic E-state index is -0.855. The summed E-state index contributed by atoms with van der Waals surface area (Å²) in [5.74, 6) is -1.61. The number of carbonyl (C=O) groups excluding carboxylic acids is 1. The number of aliphatic carboxylic acids is 1. The lowest BCUT2D eigenvalue weighted by Gasteiger charge is -2.27. The summed E-state index contributed by atoms with van der Waals surface area (Å²) in [4.78, 5) is 24.1. The molecule has 24 heavy (non-hydrogen) atoms. The third-order valence-electron chi connectivity index (χ3n) is 5.21. The zero-order valence-electron chi connectivity index (χ0n) is 13.8. The molecule has 2 fully saturated rings. The van der Waals surface area contributed by atoms with Gasteiger partial charge in [-0.3, -0.25) is 14.3 Å². The molecule has 1 saturated carbocycles. The molecule has 0 radical (unpaired) electrons. The standard InChI is InChI=1S/C17H25N3O4/c21-16(15-5-8-19-20(15)13-3-1-2-4-13)18-11-14(17(22)23)12-6-9-24-10-7-12/h5,8,12-14H,1-4,6-7,9-11H2,(H,18,21)(H,22,23). The fourth-order valence-electron chi connectivity index (χ4n) is 3.80. The monoisotopic (exact) mass is 335 g/mol. The van der Waals surface area contributed by atoms with Gasteiger partial charge in [0, 0.05) is 26.0 Å². The van der Waals surface area contributed by atoms with E-state index in [0.717, 1.165) is 38.5 Å². The summed E-state index contributed by atoms with van der Waals surface area (Å²) < 4.78 is 7.09. The maximum Gasteiger partial charge on any atom is 0.308 e. The summed E-state index contributed by atoms with van der Waals surface area (Å²) in [6.07, 6.45) is 7.51. The quantitative estimate of drug-likeness (QED) is 0.827. The Hall–Kier alpha value is -1.89. The van der Waals surface area contributed by atoms with Crippen LogP contribution in [-0.2, 0) is 9.53 Å². The van der Waals surface area contributed by atoms with Gasteiger partial charge in [0.1, 0.15) is 5.69 Å². The summed E-state index contributed by atoms with van der Waals surface area (Å²) in [6.45, 7) is 1.34. The SMILES string of the molecule is O=C(NCC(C(=O)O)C1CCOCC1)c1ccnn1C1CCCC1. The lowest BCUT2D eigenvalue weighted by Crippen LogP contribution is -2.39. The Kier molecular flexibility index (Phi) is 5.50. The van der Waals surface area contributed by atoms with E-state index in [9.17, 15) is 14.7 Å². The molecule has 7 heteroatoms. The van der Waals surface area contributed by atoms with Crippen molar-refractivity contribution in [1.29, 1.82) is 0 Å². The van der Waals surface area contributed by atoms with Crippen LogP contribution in [0.2, 0.25) is 0 Å². The molecule has 2 heterocycles. The maximum absolute atomic E-state index is 12.5. The second-order valence-corrected chi connectivity index (χ2v) is 6.70. The van der Waals surface area contributed by atoms with Gasteiger partial charge in [-0.2, -0.15) is 5.10 Å². The van der Waals surface area contributed by atoms with Crippen LogP contribution in [0.4, 0.5) is 0 Å². The van der Waals surface area contributed by atoms with Crippen molar-refractivity contribution in [2.75, 3.05) is 19.8 Å². The van der Waals surface area contributed by atoms with Crippen molar-refractivity contribution in [3.05, 3.63) is 18.0 Å². The number of hydrogen-bond acceptors (Lipinski definition) is 4. The predicted molar refractivity (Wildman–Crippen MR) is 86.7 cm³/mol. The Bertz CT molecular complexity index is 574. The van der Waals surface area contributed by atoms with Crippen LogP contribution in [-0.4, -0.2) is 46.5 Å². The van der Waals surface area contributed by atoms with Crippen molar-refractivity contribution in [3.63, 3.8) is 0 Å². The third kappa shape index (κ3) is 3.77. The van der Waals surface area contributed by atoms with Gasteiger partial charge in [0.2, 0.25) is 0 Å². The minimum absolute atomic E-state index is 0.0521. The molecule has 1 amide bonds. The van der Waals surface area contributed by atoms with Gasteiger partial charge in [-0.15, -0.1) is 0 Å². The largest absolute Gasteiger partial charge is 0.481 e. The summed E-state index contributed by atoms with van der Waals surface area (Å²) in [5.41, 5.74) is 0.526. The number of hydrogen-bond donors (Lipinski definition) is 2. The Labute approximate surface area is 141 Å². The Balaban J connectivity index is 1.61. The van der Waals surface area contributed by atoms with Gasteiger partial charge < -0.3 is 15.2 Å². The first-order chi connectivity index (χ1) is 11.7. The highest BCUT2D eigenvalue weighted by Crippen LogP contribution is 2.30. The number of nitrogens with zero attached hydrogens (tertiary/aromatic N) is 2. The van der Waals surface area contributed by atoms with Crippen LogP contribution in [0.15, 0.2) is 12.3 Å². The topological polar surface area (TPSA) is 93.5 Å². The van der Waals surface area contributed by atoms with Crippen LogP contribution in [0.5, 0.6) is 0 Å². The van der Waals surface area contributed by atoms with E-state index in [0.29, 0.717) is 18.9 Å². The summed E-state index contributed by atoms with van der Waals surface area (Å²) in [7, 11) is 0. The smallest absolute Gasteiger partial charge is 0.308 e. The first-order valence-electron chi connectivity index (χ1n) is 8.79. The summed E-state index contributed by atoms with van der Waals surface area (Å²) in [5, 5.41) is 16.6. The zero-order chi connectivity index (χ0) is 16.9. The molecule has 0 spiro atoms. The Morgan fingerprint density at radius 3 is 2.67 bits per heavy atom. The molecule has 132 valence electrons. The van der Waals surface area contributed by atoms with E-state index in [1.54, 1.807) is 16.9 Å². The lowest BCUT2D eigenvalue weighted by atomic mass is 9.86. The number of ether oxygens (including phenoxy) is 1. The number of rotatable bonds is 6. The van der Waals surface area contributed by atoms with E-state index in [-0.39, 0.29) is 24.4 Å². The molecule has 1 aliphatic heterocycles. The van der Waals surface area contributed by atoms with Gasteiger partial charge in [-0.1, -0.05) is 12.8 Å². The molecule has 0 aromatic carbocycles. The molecule has 1 unspecified atom stereocenters. The van der Waals surface area contributed by atoms with Crippen LogP contribution in [0, 0.1) is 11.8 Å². The molecule has 1 aliphatic carbocycles. The first kappa shape index (κ1) is 17.0. The fourth-order valence-corrected chi connectivity index (χ4v) is 3.80. The van der Waals surface area contributed by atoms with E-state index >= 15 is 0 Å². The van der Waals surface area contributed by atoms with Crippen molar-refractivity contribution in [1.82, 2.24) is 15.1 Å². The van der Waals surface area contributed by atoms with Crippen molar-refractivity contribution in [2.24, 2.45) is 11.8 Å². The number of aromatic nitrogens is 2. The van der Waals surface area contributed by atoms with Crippen LogP contribution < -0.4 is 5.32 Å². The molecule has 1 saturated heterocycles. The molecule has 2 N–H and O–H groups in total. The summed E-state index contributed by atoms with van der Waals surface area (Å²) >= 11 is 0. The van der Waals surface area contributed by atoms with Gasteiger partial charge in [-0.25, -0.2) is 0 Å². The highest BCUT2D eigenvalue weighted by atomic mass is 16.5. The van der Waals surface area contributed by atoms with Crippen LogP contribution in [0.25, 0.3) is 0 Å². The van der Waals surface area contributed by atoms with E-state index in [1.165, 1.54) is 0 Å². The number of carboxylic acids is 1. The van der Waals surface area contributed by atoms with Crippen LogP contribution in [0.3, 0.4) is 0 Å². The second-order valence-electron chi connectivity index (χ2n) is 6.70. The predicted octanol–water partition coefficient (Wildman–Crippen LogP) is 1.86. The van der Waals surface area contributed by atoms with Gasteiger partial charge in [0.25, 0.3) is 5.91 Å². The van der Waals surface area contributed by atoms with E-state index in [4.69, 9.17) is 4.74 Å². The molecule has 7 nitrogen and oxygen atoms in total. The molecular weight excluding hydrogens is 310 g/mol. The number of carboxylic acid groups (broad SMARTS) is 1. The highest BCUT2D eigenvalue weighted by Gasteiger charge is 2.30. The van der Waals surface area contributed by atoms with E-state index in [2.05, 4.69) is 10.4 Å².